The molecule has 0 bridgehead atoms. The summed E-state index contributed by atoms with van der Waals surface area (Å²) in [5.41, 5.74) is 6.37. The van der Waals surface area contributed by atoms with Crippen LogP contribution in [0, 0.1) is 0 Å². The normalized spacial score (nSPS) is 10.5. The van der Waals surface area contributed by atoms with E-state index in [4.69, 9.17) is 4.74 Å². The highest BCUT2D eigenvalue weighted by Gasteiger charge is 2.18. The standard InChI is InChI=1S/C35H30N2O3/c1-40-33-21-20-29(34(38)36-31-18-10-8-16-27(31)22-25-12-4-2-5-13-25)24-30(33)35(39)37-32-19-11-9-17-28(32)23-26-14-6-3-7-15-26/h2-21,24H,22-23H2,1H3,(H,36,38)(H,37,39). The van der Waals surface area contributed by atoms with E-state index in [2.05, 4.69) is 34.9 Å². The number of benzene rings is 5. The fourth-order valence-corrected chi connectivity index (χ4v) is 4.64. The van der Waals surface area contributed by atoms with Crippen molar-refractivity contribution in [2.75, 3.05) is 17.7 Å². The summed E-state index contributed by atoms with van der Waals surface area (Å²) in [7, 11) is 1.51. The third kappa shape index (κ3) is 6.45. The van der Waals surface area contributed by atoms with Crippen molar-refractivity contribution in [2.24, 2.45) is 0 Å². The topological polar surface area (TPSA) is 67.4 Å². The number of carbonyl (C=O) groups is 2. The Hall–Kier alpha value is -5.16. The van der Waals surface area contributed by atoms with Crippen molar-refractivity contribution in [2.45, 2.75) is 12.8 Å². The number of anilines is 2. The lowest BCUT2D eigenvalue weighted by Crippen LogP contribution is -2.18. The highest BCUT2D eigenvalue weighted by atomic mass is 16.5. The zero-order valence-electron chi connectivity index (χ0n) is 22.3. The number of nitrogens with one attached hydrogen (secondary N) is 2. The monoisotopic (exact) mass is 526 g/mol. The van der Waals surface area contributed by atoms with Crippen molar-refractivity contribution in [3.8, 4) is 5.75 Å². The molecule has 40 heavy (non-hydrogen) atoms. The average molecular weight is 527 g/mol. The van der Waals surface area contributed by atoms with E-state index in [1.165, 1.54) is 7.11 Å². The van der Waals surface area contributed by atoms with Gasteiger partial charge in [0.1, 0.15) is 5.75 Å². The zero-order valence-corrected chi connectivity index (χ0v) is 22.3. The van der Waals surface area contributed by atoms with Gasteiger partial charge in [0.25, 0.3) is 11.8 Å². The van der Waals surface area contributed by atoms with Gasteiger partial charge in [-0.05, 0) is 65.4 Å². The Morgan fingerprint density at radius 1 is 0.575 bits per heavy atom. The molecule has 0 saturated heterocycles. The first-order valence-electron chi connectivity index (χ1n) is 13.1. The van der Waals surface area contributed by atoms with Gasteiger partial charge in [0, 0.05) is 16.9 Å². The Kier molecular flexibility index (Phi) is 8.32. The number of hydrogen-bond acceptors (Lipinski definition) is 3. The first kappa shape index (κ1) is 26.4. The number of methoxy groups -OCH3 is 1. The molecule has 0 saturated carbocycles. The summed E-state index contributed by atoms with van der Waals surface area (Å²) in [5, 5.41) is 6.05. The molecule has 0 aliphatic rings. The molecule has 2 N–H and O–H groups in total. The van der Waals surface area contributed by atoms with Crippen LogP contribution in [0.25, 0.3) is 0 Å². The number of para-hydroxylation sites is 2. The number of carbonyl (C=O) groups excluding carboxylic acids is 2. The quantitative estimate of drug-likeness (QED) is 0.211. The summed E-state index contributed by atoms with van der Waals surface area (Å²) in [5.74, 6) is -0.266. The Bertz CT molecular complexity index is 1610. The van der Waals surface area contributed by atoms with E-state index in [1.54, 1.807) is 18.2 Å². The van der Waals surface area contributed by atoms with E-state index in [0.717, 1.165) is 27.9 Å². The van der Waals surface area contributed by atoms with Crippen LogP contribution < -0.4 is 15.4 Å². The molecule has 5 aromatic rings. The van der Waals surface area contributed by atoms with Gasteiger partial charge in [0.05, 0.1) is 12.7 Å². The predicted octanol–water partition coefficient (Wildman–Crippen LogP) is 7.38. The first-order chi connectivity index (χ1) is 19.6. The van der Waals surface area contributed by atoms with Crippen LogP contribution in [-0.4, -0.2) is 18.9 Å². The van der Waals surface area contributed by atoms with Gasteiger partial charge in [-0.25, -0.2) is 0 Å². The third-order valence-electron chi connectivity index (χ3n) is 6.71. The highest BCUT2D eigenvalue weighted by Crippen LogP contribution is 2.26. The summed E-state index contributed by atoms with van der Waals surface area (Å²) < 4.78 is 5.48. The fraction of sp³-hybridized carbons (Fsp3) is 0.0857. The SMILES string of the molecule is COc1ccc(C(=O)Nc2ccccc2Cc2ccccc2)cc1C(=O)Nc1ccccc1Cc1ccccc1. The molecular formula is C35H30N2O3. The molecule has 2 amide bonds. The van der Waals surface area contributed by atoms with Gasteiger partial charge in [0.15, 0.2) is 0 Å². The van der Waals surface area contributed by atoms with Crippen molar-refractivity contribution in [3.05, 3.63) is 161 Å². The van der Waals surface area contributed by atoms with Gasteiger partial charge in [0.2, 0.25) is 0 Å². The maximum absolute atomic E-state index is 13.5. The Morgan fingerprint density at radius 2 is 1.05 bits per heavy atom. The minimum absolute atomic E-state index is 0.280. The van der Waals surface area contributed by atoms with Gasteiger partial charge < -0.3 is 15.4 Å². The number of hydrogen-bond donors (Lipinski definition) is 2. The molecule has 5 heteroatoms. The minimum atomic E-state index is -0.350. The van der Waals surface area contributed by atoms with Crippen LogP contribution >= 0.6 is 0 Å². The van der Waals surface area contributed by atoms with Crippen molar-refractivity contribution in [1.29, 1.82) is 0 Å². The average Bonchev–Trinajstić information content (AvgIpc) is 3.00. The second-order valence-electron chi connectivity index (χ2n) is 9.46. The molecule has 5 rings (SSSR count). The van der Waals surface area contributed by atoms with Crippen molar-refractivity contribution in [1.82, 2.24) is 0 Å². The molecule has 0 atom stereocenters. The van der Waals surface area contributed by atoms with Crippen LogP contribution in [-0.2, 0) is 12.8 Å². The maximum Gasteiger partial charge on any atom is 0.259 e. The molecule has 0 aliphatic carbocycles. The van der Waals surface area contributed by atoms with E-state index in [-0.39, 0.29) is 17.4 Å². The van der Waals surface area contributed by atoms with Gasteiger partial charge in [-0.2, -0.15) is 0 Å². The molecule has 0 spiro atoms. The van der Waals surface area contributed by atoms with Gasteiger partial charge in [-0.15, -0.1) is 0 Å². The molecule has 198 valence electrons. The largest absolute Gasteiger partial charge is 0.496 e. The molecule has 0 fully saturated rings. The van der Waals surface area contributed by atoms with E-state index in [1.807, 2.05) is 84.9 Å². The molecule has 5 nitrogen and oxygen atoms in total. The summed E-state index contributed by atoms with van der Waals surface area (Å²) in [6, 6.07) is 40.5. The smallest absolute Gasteiger partial charge is 0.259 e. The van der Waals surface area contributed by atoms with Crippen LogP contribution in [0.5, 0.6) is 5.75 Å². The van der Waals surface area contributed by atoms with E-state index >= 15 is 0 Å². The van der Waals surface area contributed by atoms with E-state index < -0.39 is 0 Å². The van der Waals surface area contributed by atoms with Gasteiger partial charge >= 0.3 is 0 Å². The summed E-state index contributed by atoms with van der Waals surface area (Å²) in [6.07, 6.45) is 1.37. The van der Waals surface area contributed by atoms with Crippen LogP contribution in [0.4, 0.5) is 11.4 Å². The van der Waals surface area contributed by atoms with Crippen molar-refractivity contribution < 1.29 is 14.3 Å². The molecule has 0 radical (unpaired) electrons. The van der Waals surface area contributed by atoms with Crippen molar-refractivity contribution in [3.63, 3.8) is 0 Å². The van der Waals surface area contributed by atoms with Crippen LogP contribution in [0.3, 0.4) is 0 Å². The number of rotatable bonds is 9. The Labute approximate surface area is 234 Å². The van der Waals surface area contributed by atoms with Crippen molar-refractivity contribution >= 4 is 23.2 Å². The van der Waals surface area contributed by atoms with Crippen LogP contribution in [0.1, 0.15) is 43.0 Å². The lowest BCUT2D eigenvalue weighted by Gasteiger charge is -2.15. The fourth-order valence-electron chi connectivity index (χ4n) is 4.64. The molecule has 0 heterocycles. The zero-order chi connectivity index (χ0) is 27.7. The van der Waals surface area contributed by atoms with E-state index in [0.29, 0.717) is 29.8 Å². The van der Waals surface area contributed by atoms with E-state index in [9.17, 15) is 9.59 Å². The second kappa shape index (κ2) is 12.6. The van der Waals surface area contributed by atoms with Gasteiger partial charge in [-0.1, -0.05) is 97.1 Å². The highest BCUT2D eigenvalue weighted by molar-refractivity contribution is 6.10. The van der Waals surface area contributed by atoms with Crippen LogP contribution in [0.2, 0.25) is 0 Å². The molecule has 0 aliphatic heterocycles. The summed E-state index contributed by atoms with van der Waals surface area (Å²) >= 11 is 0. The minimum Gasteiger partial charge on any atom is -0.496 e. The second-order valence-corrected chi connectivity index (χ2v) is 9.46. The Morgan fingerprint density at radius 3 is 1.57 bits per heavy atom. The number of ether oxygens (including phenoxy) is 1. The Balaban J connectivity index is 1.36. The summed E-state index contributed by atoms with van der Waals surface area (Å²) in [4.78, 5) is 26.8. The third-order valence-corrected chi connectivity index (χ3v) is 6.71. The van der Waals surface area contributed by atoms with Crippen LogP contribution in [0.15, 0.2) is 127 Å². The number of amides is 2. The maximum atomic E-state index is 13.5. The first-order valence-corrected chi connectivity index (χ1v) is 13.1. The molecule has 5 aromatic carbocycles. The lowest BCUT2D eigenvalue weighted by atomic mass is 10.0. The predicted molar refractivity (Wildman–Crippen MR) is 160 cm³/mol. The van der Waals surface area contributed by atoms with Gasteiger partial charge in [-0.3, -0.25) is 9.59 Å². The lowest BCUT2D eigenvalue weighted by molar-refractivity contribution is 0.102. The summed E-state index contributed by atoms with van der Waals surface area (Å²) in [6.45, 7) is 0. The molecule has 0 aromatic heterocycles. The molecule has 0 unspecified atom stereocenters. The molecular weight excluding hydrogens is 496 g/mol.